The van der Waals surface area contributed by atoms with Crippen molar-refractivity contribution in [2.24, 2.45) is 0 Å². The van der Waals surface area contributed by atoms with Crippen LogP contribution in [0.25, 0.3) is 0 Å². The van der Waals surface area contributed by atoms with E-state index < -0.39 is 32.6 Å². The van der Waals surface area contributed by atoms with E-state index in [1.807, 2.05) is 0 Å². The molecule has 0 fully saturated rings. The average molecular weight is 321 g/mol. The minimum absolute atomic E-state index is 0.121. The van der Waals surface area contributed by atoms with Crippen molar-refractivity contribution < 1.29 is 43.3 Å². The molecule has 0 aliphatic rings. The Hall–Kier alpha value is -0.310. The minimum atomic E-state index is -5.43. The van der Waals surface area contributed by atoms with E-state index in [0.717, 1.165) is 0 Å². The maximum atomic E-state index is 11.0. The quantitative estimate of drug-likeness (QED) is 0.230. The zero-order valence-electron chi connectivity index (χ0n) is 10.1. The van der Waals surface area contributed by atoms with E-state index in [4.69, 9.17) is 19.6 Å². The van der Waals surface area contributed by atoms with Crippen molar-refractivity contribution in [1.29, 1.82) is 0 Å². The van der Waals surface area contributed by atoms with Crippen molar-refractivity contribution in [2.45, 2.75) is 17.9 Å². The normalized spacial score (nSPS) is 13.4. The summed E-state index contributed by atoms with van der Waals surface area (Å²) in [6.45, 7) is -0.342. The van der Waals surface area contributed by atoms with Crippen LogP contribution in [0.5, 0.6) is 0 Å². The molecule has 0 heterocycles. The number of ether oxygens (including phenoxy) is 1. The summed E-state index contributed by atoms with van der Waals surface area (Å²) >= 11 is 0. The molecule has 0 radical (unpaired) electrons. The first-order chi connectivity index (χ1) is 8.45. The molecule has 10 nitrogen and oxygen atoms in total. The standard InChI is InChI=1S/C7H17NO9P2/c1-17-5-6(9)8-4-2-3-7(10,18(11,12)13)19(14,15)16/h10H,2-5H2,1H3,(H,8,9)(H2,11,12,13)(H2,14,15,16). The third-order valence-electron chi connectivity index (χ3n) is 2.22. The van der Waals surface area contributed by atoms with Crippen molar-refractivity contribution in [3.05, 3.63) is 0 Å². The Morgan fingerprint density at radius 1 is 1.21 bits per heavy atom. The number of carbonyl (C=O) groups is 1. The third kappa shape index (κ3) is 5.29. The lowest BCUT2D eigenvalue weighted by Crippen LogP contribution is -2.32. The van der Waals surface area contributed by atoms with E-state index in [2.05, 4.69) is 10.1 Å². The Bertz CT molecular complexity index is 377. The summed E-state index contributed by atoms with van der Waals surface area (Å²) in [7, 11) is -9.57. The topological polar surface area (TPSA) is 174 Å². The second-order valence-corrected chi connectivity index (χ2v) is 7.76. The van der Waals surface area contributed by atoms with Gasteiger partial charge in [0.15, 0.2) is 0 Å². The van der Waals surface area contributed by atoms with Crippen LogP contribution >= 0.6 is 15.2 Å². The highest BCUT2D eigenvalue weighted by Gasteiger charge is 2.58. The second kappa shape index (κ2) is 6.92. The smallest absolute Gasteiger partial charge is 0.369 e. The first-order valence-electron chi connectivity index (χ1n) is 5.05. The third-order valence-corrected chi connectivity index (χ3v) is 6.10. The van der Waals surface area contributed by atoms with Crippen LogP contribution in [0.1, 0.15) is 12.8 Å². The second-order valence-electron chi connectivity index (χ2n) is 3.75. The molecule has 6 N–H and O–H groups in total. The van der Waals surface area contributed by atoms with E-state index in [1.165, 1.54) is 7.11 Å². The van der Waals surface area contributed by atoms with Crippen molar-refractivity contribution in [3.63, 3.8) is 0 Å². The van der Waals surface area contributed by atoms with Crippen molar-refractivity contribution in [3.8, 4) is 0 Å². The largest absolute Gasteiger partial charge is 0.375 e. The van der Waals surface area contributed by atoms with Gasteiger partial charge in [0.2, 0.25) is 5.91 Å². The summed E-state index contributed by atoms with van der Waals surface area (Å²) in [5, 5.41) is 8.33. The molecule has 114 valence electrons. The fourth-order valence-corrected chi connectivity index (χ4v) is 3.45. The highest BCUT2D eigenvalue weighted by molar-refractivity contribution is 7.72. The predicted molar refractivity (Wildman–Crippen MR) is 63.2 cm³/mol. The zero-order valence-corrected chi connectivity index (χ0v) is 11.9. The molecule has 0 aromatic heterocycles. The van der Waals surface area contributed by atoms with E-state index in [9.17, 15) is 19.0 Å². The molecule has 0 saturated carbocycles. The molecule has 12 heteroatoms. The van der Waals surface area contributed by atoms with E-state index >= 15 is 0 Å². The monoisotopic (exact) mass is 321 g/mol. The average Bonchev–Trinajstić information content (AvgIpc) is 2.21. The van der Waals surface area contributed by atoms with Gasteiger partial charge in [0.1, 0.15) is 6.61 Å². The van der Waals surface area contributed by atoms with Crippen LogP contribution in [0.2, 0.25) is 0 Å². The maximum Gasteiger partial charge on any atom is 0.369 e. The van der Waals surface area contributed by atoms with Gasteiger partial charge < -0.3 is 34.7 Å². The number of nitrogens with one attached hydrogen (secondary N) is 1. The maximum absolute atomic E-state index is 11.0. The SMILES string of the molecule is COCC(=O)NCCCC(O)(P(=O)(O)O)P(=O)(O)O. The molecule has 1 amide bonds. The van der Waals surface area contributed by atoms with Gasteiger partial charge in [0, 0.05) is 20.1 Å². The predicted octanol–water partition coefficient (Wildman–Crippen LogP) is -1.47. The Balaban J connectivity index is 4.53. The van der Waals surface area contributed by atoms with Crippen LogP contribution in [-0.2, 0) is 18.7 Å². The van der Waals surface area contributed by atoms with Crippen molar-refractivity contribution in [2.75, 3.05) is 20.3 Å². The van der Waals surface area contributed by atoms with Crippen LogP contribution in [0, 0.1) is 0 Å². The van der Waals surface area contributed by atoms with Gasteiger partial charge in [-0.1, -0.05) is 0 Å². The van der Waals surface area contributed by atoms with E-state index in [1.54, 1.807) is 0 Å². The number of amides is 1. The summed E-state index contributed by atoms with van der Waals surface area (Å²) in [5.74, 6) is -0.501. The number of hydrogen-bond acceptors (Lipinski definition) is 5. The van der Waals surface area contributed by atoms with Crippen molar-refractivity contribution >= 4 is 21.1 Å². The Morgan fingerprint density at radius 2 is 1.68 bits per heavy atom. The first-order valence-corrected chi connectivity index (χ1v) is 8.27. The molecule has 0 rings (SSSR count). The number of aliphatic hydroxyl groups is 1. The van der Waals surface area contributed by atoms with E-state index in [0.29, 0.717) is 0 Å². The molecular formula is C7H17NO9P2. The summed E-state index contributed by atoms with van der Waals surface area (Å²) in [4.78, 5) is 46.3. The Labute approximate surface area is 109 Å². The highest BCUT2D eigenvalue weighted by atomic mass is 31.2. The van der Waals surface area contributed by atoms with Crippen LogP contribution in [-0.4, -0.2) is 55.9 Å². The van der Waals surface area contributed by atoms with Crippen LogP contribution < -0.4 is 5.32 Å². The molecule has 0 unspecified atom stereocenters. The molecular weight excluding hydrogens is 304 g/mol. The van der Waals surface area contributed by atoms with Crippen LogP contribution in [0.15, 0.2) is 0 Å². The number of carbonyl (C=O) groups excluding carboxylic acids is 1. The molecule has 0 spiro atoms. The van der Waals surface area contributed by atoms with Gasteiger partial charge in [-0.25, -0.2) is 0 Å². The molecule has 0 aromatic carbocycles. The van der Waals surface area contributed by atoms with E-state index in [-0.39, 0.29) is 19.6 Å². The molecule has 0 aromatic rings. The molecule has 19 heavy (non-hydrogen) atoms. The molecule has 0 aliphatic carbocycles. The van der Waals surface area contributed by atoms with Gasteiger partial charge in [-0.15, -0.1) is 0 Å². The Morgan fingerprint density at radius 3 is 2.05 bits per heavy atom. The van der Waals surface area contributed by atoms with Gasteiger partial charge in [-0.3, -0.25) is 13.9 Å². The van der Waals surface area contributed by atoms with Crippen molar-refractivity contribution in [1.82, 2.24) is 5.32 Å². The zero-order chi connectivity index (χ0) is 15.3. The molecule has 0 atom stereocenters. The lowest BCUT2D eigenvalue weighted by Gasteiger charge is -2.29. The molecule has 0 bridgehead atoms. The summed E-state index contributed by atoms with van der Waals surface area (Å²) < 4.78 is 26.5. The van der Waals surface area contributed by atoms with Gasteiger partial charge in [0.05, 0.1) is 0 Å². The van der Waals surface area contributed by atoms with Crippen LogP contribution in [0.3, 0.4) is 0 Å². The highest BCUT2D eigenvalue weighted by Crippen LogP contribution is 2.69. The fourth-order valence-electron chi connectivity index (χ4n) is 1.20. The van der Waals surface area contributed by atoms with Gasteiger partial charge >= 0.3 is 15.2 Å². The number of hydrogen-bond donors (Lipinski definition) is 6. The van der Waals surface area contributed by atoms with Gasteiger partial charge in [0.25, 0.3) is 5.08 Å². The summed E-state index contributed by atoms with van der Waals surface area (Å²) in [5.41, 5.74) is 0. The minimum Gasteiger partial charge on any atom is -0.375 e. The van der Waals surface area contributed by atoms with Crippen LogP contribution in [0.4, 0.5) is 0 Å². The summed E-state index contributed by atoms with van der Waals surface area (Å²) in [6, 6.07) is 0. The number of methoxy groups -OCH3 is 1. The Kier molecular flexibility index (Phi) is 6.80. The van der Waals surface area contributed by atoms with Gasteiger partial charge in [-0.2, -0.15) is 0 Å². The first kappa shape index (κ1) is 18.7. The fraction of sp³-hybridized carbons (Fsp3) is 0.857. The number of rotatable bonds is 8. The summed E-state index contributed by atoms with van der Waals surface area (Å²) in [6.07, 6.45) is -1.10. The lowest BCUT2D eigenvalue weighted by molar-refractivity contribution is -0.124. The molecule has 0 aliphatic heterocycles. The van der Waals surface area contributed by atoms with Gasteiger partial charge in [-0.05, 0) is 6.42 Å². The lowest BCUT2D eigenvalue weighted by atomic mass is 10.3. The molecule has 0 saturated heterocycles.